The summed E-state index contributed by atoms with van der Waals surface area (Å²) >= 11 is 0. The number of hydrogen-bond acceptors (Lipinski definition) is 2. The molecule has 3 heteroatoms. The molecule has 1 amide bonds. The summed E-state index contributed by atoms with van der Waals surface area (Å²) in [6, 6.07) is 9.53. The van der Waals surface area contributed by atoms with E-state index in [1.54, 1.807) is 0 Å². The van der Waals surface area contributed by atoms with Crippen molar-refractivity contribution in [3.63, 3.8) is 0 Å². The highest BCUT2D eigenvalue weighted by atomic mass is 16.2. The van der Waals surface area contributed by atoms with Gasteiger partial charge >= 0.3 is 0 Å². The van der Waals surface area contributed by atoms with Crippen LogP contribution in [0, 0.1) is 0 Å². The normalized spacial score (nSPS) is 14.1. The van der Waals surface area contributed by atoms with Crippen LogP contribution in [0.1, 0.15) is 44.7 Å². The van der Waals surface area contributed by atoms with Gasteiger partial charge in [0, 0.05) is 0 Å². The lowest BCUT2D eigenvalue weighted by Crippen LogP contribution is -2.41. The van der Waals surface area contributed by atoms with Crippen molar-refractivity contribution < 1.29 is 4.79 Å². The molecular weight excluding hydrogens is 212 g/mol. The van der Waals surface area contributed by atoms with E-state index in [-0.39, 0.29) is 18.0 Å². The summed E-state index contributed by atoms with van der Waals surface area (Å²) in [5.74, 6) is -0.0604. The monoisotopic (exact) mass is 234 g/mol. The standard InChI is InChI=1S/C14H22N2O/c1-3-4-10-13(15)14(17)16-11(2)12-8-6-5-7-9-12/h5-9,11,13H,3-4,10,15H2,1-2H3,(H,16,17). The molecule has 2 unspecified atom stereocenters. The number of carbonyl (C=O) groups is 1. The number of benzene rings is 1. The Labute approximate surface area is 103 Å². The van der Waals surface area contributed by atoms with Gasteiger partial charge in [-0.3, -0.25) is 4.79 Å². The first kappa shape index (κ1) is 13.7. The zero-order chi connectivity index (χ0) is 12.7. The molecule has 0 spiro atoms. The minimum Gasteiger partial charge on any atom is -0.348 e. The van der Waals surface area contributed by atoms with Crippen molar-refractivity contribution >= 4 is 5.91 Å². The van der Waals surface area contributed by atoms with Crippen molar-refractivity contribution in [2.24, 2.45) is 5.73 Å². The number of unbranched alkanes of at least 4 members (excludes halogenated alkanes) is 1. The highest BCUT2D eigenvalue weighted by Crippen LogP contribution is 2.11. The van der Waals surface area contributed by atoms with Crippen LogP contribution < -0.4 is 11.1 Å². The molecule has 0 aliphatic rings. The fourth-order valence-corrected chi connectivity index (χ4v) is 1.70. The molecule has 1 aromatic rings. The first-order valence-electron chi connectivity index (χ1n) is 6.26. The van der Waals surface area contributed by atoms with Crippen LogP contribution in [-0.2, 0) is 4.79 Å². The van der Waals surface area contributed by atoms with Gasteiger partial charge in [-0.1, -0.05) is 50.1 Å². The largest absolute Gasteiger partial charge is 0.348 e. The fourth-order valence-electron chi connectivity index (χ4n) is 1.70. The van der Waals surface area contributed by atoms with E-state index < -0.39 is 0 Å². The van der Waals surface area contributed by atoms with Gasteiger partial charge in [0.15, 0.2) is 0 Å². The van der Waals surface area contributed by atoms with Gasteiger partial charge in [-0.2, -0.15) is 0 Å². The molecule has 0 aliphatic carbocycles. The van der Waals surface area contributed by atoms with Crippen LogP contribution in [0.15, 0.2) is 30.3 Å². The molecule has 3 N–H and O–H groups in total. The van der Waals surface area contributed by atoms with Crippen LogP contribution in [-0.4, -0.2) is 11.9 Å². The average molecular weight is 234 g/mol. The van der Waals surface area contributed by atoms with Gasteiger partial charge in [0.2, 0.25) is 5.91 Å². The number of carbonyl (C=O) groups excluding carboxylic acids is 1. The van der Waals surface area contributed by atoms with Crippen molar-refractivity contribution in [1.82, 2.24) is 5.32 Å². The molecule has 0 saturated carbocycles. The van der Waals surface area contributed by atoms with Crippen LogP contribution in [0.5, 0.6) is 0 Å². The number of hydrogen-bond donors (Lipinski definition) is 2. The molecule has 0 aliphatic heterocycles. The van der Waals surface area contributed by atoms with E-state index in [1.165, 1.54) is 0 Å². The molecule has 0 radical (unpaired) electrons. The summed E-state index contributed by atoms with van der Waals surface area (Å²) in [6.07, 6.45) is 2.81. The smallest absolute Gasteiger partial charge is 0.237 e. The lowest BCUT2D eigenvalue weighted by Gasteiger charge is -2.17. The molecular formula is C14H22N2O. The maximum Gasteiger partial charge on any atom is 0.237 e. The minimum absolute atomic E-state index is 0.0105. The second kappa shape index (κ2) is 7.07. The molecule has 0 saturated heterocycles. The van der Waals surface area contributed by atoms with Crippen molar-refractivity contribution in [3.8, 4) is 0 Å². The van der Waals surface area contributed by atoms with Crippen molar-refractivity contribution in [2.75, 3.05) is 0 Å². The van der Waals surface area contributed by atoms with Gasteiger partial charge in [-0.05, 0) is 18.9 Å². The van der Waals surface area contributed by atoms with E-state index in [0.717, 1.165) is 24.8 Å². The number of amides is 1. The highest BCUT2D eigenvalue weighted by Gasteiger charge is 2.15. The van der Waals surface area contributed by atoms with Crippen LogP contribution in [0.25, 0.3) is 0 Å². The molecule has 1 aromatic carbocycles. The summed E-state index contributed by atoms with van der Waals surface area (Å²) in [5.41, 5.74) is 6.92. The van der Waals surface area contributed by atoms with Crippen LogP contribution in [0.4, 0.5) is 0 Å². The molecule has 2 atom stereocenters. The second-order valence-corrected chi connectivity index (χ2v) is 4.39. The summed E-state index contributed by atoms with van der Waals surface area (Å²) < 4.78 is 0. The lowest BCUT2D eigenvalue weighted by molar-refractivity contribution is -0.123. The highest BCUT2D eigenvalue weighted by molar-refractivity contribution is 5.81. The molecule has 94 valence electrons. The van der Waals surface area contributed by atoms with E-state index in [9.17, 15) is 4.79 Å². The fraction of sp³-hybridized carbons (Fsp3) is 0.500. The van der Waals surface area contributed by atoms with Crippen LogP contribution in [0.3, 0.4) is 0 Å². The van der Waals surface area contributed by atoms with Crippen molar-refractivity contribution in [3.05, 3.63) is 35.9 Å². The molecule has 0 bridgehead atoms. The Morgan fingerprint density at radius 2 is 2.00 bits per heavy atom. The lowest BCUT2D eigenvalue weighted by atomic mass is 10.1. The molecule has 0 fully saturated rings. The third kappa shape index (κ3) is 4.57. The van der Waals surface area contributed by atoms with E-state index in [4.69, 9.17) is 5.73 Å². The van der Waals surface area contributed by atoms with Gasteiger partial charge < -0.3 is 11.1 Å². The van der Waals surface area contributed by atoms with Gasteiger partial charge in [0.25, 0.3) is 0 Å². The first-order valence-corrected chi connectivity index (χ1v) is 6.26. The molecule has 0 aromatic heterocycles. The zero-order valence-electron chi connectivity index (χ0n) is 10.6. The quantitative estimate of drug-likeness (QED) is 0.794. The first-order chi connectivity index (χ1) is 8.15. The number of rotatable bonds is 6. The van der Waals surface area contributed by atoms with E-state index in [1.807, 2.05) is 37.3 Å². The second-order valence-electron chi connectivity index (χ2n) is 4.39. The predicted octanol–water partition coefficient (Wildman–Crippen LogP) is 2.38. The van der Waals surface area contributed by atoms with Crippen LogP contribution >= 0.6 is 0 Å². The van der Waals surface area contributed by atoms with E-state index in [2.05, 4.69) is 12.2 Å². The molecule has 0 heterocycles. The maximum absolute atomic E-state index is 11.8. The van der Waals surface area contributed by atoms with Crippen molar-refractivity contribution in [1.29, 1.82) is 0 Å². The molecule has 1 rings (SSSR count). The summed E-state index contributed by atoms with van der Waals surface area (Å²) in [6.45, 7) is 4.07. The molecule has 17 heavy (non-hydrogen) atoms. The Balaban J connectivity index is 2.46. The Kier molecular flexibility index (Phi) is 5.70. The topological polar surface area (TPSA) is 55.1 Å². The molecule has 3 nitrogen and oxygen atoms in total. The SMILES string of the molecule is CCCCC(N)C(=O)NC(C)c1ccccc1. The Bertz CT molecular complexity index is 337. The van der Waals surface area contributed by atoms with Gasteiger partial charge in [-0.25, -0.2) is 0 Å². The van der Waals surface area contributed by atoms with Gasteiger partial charge in [-0.15, -0.1) is 0 Å². The number of nitrogens with one attached hydrogen (secondary N) is 1. The number of nitrogens with two attached hydrogens (primary N) is 1. The Morgan fingerprint density at radius 3 is 2.59 bits per heavy atom. The average Bonchev–Trinajstić information content (AvgIpc) is 2.36. The van der Waals surface area contributed by atoms with Crippen molar-refractivity contribution in [2.45, 2.75) is 45.2 Å². The summed E-state index contributed by atoms with van der Waals surface area (Å²) in [7, 11) is 0. The Morgan fingerprint density at radius 1 is 1.35 bits per heavy atom. The Hall–Kier alpha value is -1.35. The van der Waals surface area contributed by atoms with E-state index >= 15 is 0 Å². The minimum atomic E-state index is -0.388. The summed E-state index contributed by atoms with van der Waals surface area (Å²) in [4.78, 5) is 11.8. The van der Waals surface area contributed by atoms with Crippen LogP contribution in [0.2, 0.25) is 0 Å². The third-order valence-corrected chi connectivity index (χ3v) is 2.86. The third-order valence-electron chi connectivity index (χ3n) is 2.86. The predicted molar refractivity (Wildman–Crippen MR) is 70.5 cm³/mol. The summed E-state index contributed by atoms with van der Waals surface area (Å²) in [5, 5.41) is 2.94. The van der Waals surface area contributed by atoms with Gasteiger partial charge in [0.05, 0.1) is 12.1 Å². The van der Waals surface area contributed by atoms with Gasteiger partial charge in [0.1, 0.15) is 0 Å². The van der Waals surface area contributed by atoms with E-state index in [0.29, 0.717) is 0 Å². The maximum atomic E-state index is 11.8. The zero-order valence-corrected chi connectivity index (χ0v) is 10.6.